The molecule has 1 atom stereocenters. The summed E-state index contributed by atoms with van der Waals surface area (Å²) < 4.78 is 24.8. The van der Waals surface area contributed by atoms with Crippen LogP contribution in [0, 0.1) is 5.95 Å². The van der Waals surface area contributed by atoms with Crippen LogP contribution in [-0.2, 0) is 16.0 Å². The molecule has 1 aliphatic rings. The van der Waals surface area contributed by atoms with E-state index in [1.807, 2.05) is 11.8 Å². The zero-order valence-corrected chi connectivity index (χ0v) is 20.0. The number of hydrogen-bond acceptors (Lipinski definition) is 9. The second-order valence-corrected chi connectivity index (χ2v) is 8.36. The topological polar surface area (TPSA) is 103 Å². The minimum atomic E-state index is -0.582. The average Bonchev–Trinajstić information content (AvgIpc) is 2.88. The molecule has 184 valence electrons. The molecule has 0 radical (unpaired) electrons. The second-order valence-electron chi connectivity index (χ2n) is 8.36. The van der Waals surface area contributed by atoms with Gasteiger partial charge in [-0.25, -0.2) is 24.9 Å². The molecule has 3 aromatic heterocycles. The number of methoxy groups -OCH3 is 1. The first-order chi connectivity index (χ1) is 17.0. The number of anilines is 1. The highest BCUT2D eigenvalue weighted by Gasteiger charge is 2.27. The Labute approximate surface area is 203 Å². The maximum absolute atomic E-state index is 14.3. The van der Waals surface area contributed by atoms with Gasteiger partial charge in [0.15, 0.2) is 11.6 Å². The summed E-state index contributed by atoms with van der Waals surface area (Å²) in [5.41, 5.74) is 1.91. The molecule has 0 amide bonds. The van der Waals surface area contributed by atoms with Crippen molar-refractivity contribution in [3.63, 3.8) is 0 Å². The third-order valence-electron chi connectivity index (χ3n) is 5.99. The lowest BCUT2D eigenvalue weighted by atomic mass is 9.99. The van der Waals surface area contributed by atoms with E-state index in [2.05, 4.69) is 29.7 Å². The normalized spacial score (nSPS) is 14.9. The van der Waals surface area contributed by atoms with Crippen LogP contribution in [-0.4, -0.2) is 51.2 Å². The summed E-state index contributed by atoms with van der Waals surface area (Å²) in [6.45, 7) is 3.13. The van der Waals surface area contributed by atoms with E-state index >= 15 is 0 Å². The lowest BCUT2D eigenvalue weighted by Crippen LogP contribution is -2.35. The summed E-state index contributed by atoms with van der Waals surface area (Å²) in [5, 5.41) is 0. The molecule has 0 N–H and O–H groups in total. The van der Waals surface area contributed by atoms with E-state index in [0.29, 0.717) is 49.2 Å². The molecular weight excluding hydrogens is 451 g/mol. The van der Waals surface area contributed by atoms with E-state index < -0.39 is 5.95 Å². The van der Waals surface area contributed by atoms with Crippen LogP contribution < -0.4 is 9.64 Å². The zero-order chi connectivity index (χ0) is 24.6. The Morgan fingerprint density at radius 3 is 2.69 bits per heavy atom. The summed E-state index contributed by atoms with van der Waals surface area (Å²) in [6, 6.07) is 4.74. The molecule has 0 saturated heterocycles. The van der Waals surface area contributed by atoms with Crippen molar-refractivity contribution < 1.29 is 18.7 Å². The van der Waals surface area contributed by atoms with Crippen LogP contribution in [0.4, 0.5) is 10.2 Å². The van der Waals surface area contributed by atoms with Crippen LogP contribution >= 0.6 is 0 Å². The number of halogens is 1. The number of rotatable bonds is 10. The molecular formula is C25H29FN6O3. The first-order valence-corrected chi connectivity index (χ1v) is 11.8. The fraction of sp³-hybridized carbons (Fsp3) is 0.440. The van der Waals surface area contributed by atoms with Crippen LogP contribution in [0.15, 0.2) is 36.8 Å². The number of pyridine rings is 1. The maximum Gasteiger partial charge on any atom is 0.305 e. The van der Waals surface area contributed by atoms with Gasteiger partial charge in [0.25, 0.3) is 0 Å². The van der Waals surface area contributed by atoms with Crippen LogP contribution in [0.2, 0.25) is 0 Å². The van der Waals surface area contributed by atoms with Gasteiger partial charge in [-0.3, -0.25) is 4.79 Å². The largest absolute Gasteiger partial charge is 0.493 e. The maximum atomic E-state index is 14.3. The summed E-state index contributed by atoms with van der Waals surface area (Å²) in [7, 11) is 1.40. The molecule has 0 saturated carbocycles. The highest BCUT2D eigenvalue weighted by atomic mass is 19.1. The predicted octanol–water partition coefficient (Wildman–Crippen LogP) is 4.09. The Kier molecular flexibility index (Phi) is 8.12. The fourth-order valence-electron chi connectivity index (χ4n) is 4.11. The van der Waals surface area contributed by atoms with E-state index in [-0.39, 0.29) is 12.0 Å². The molecule has 0 spiro atoms. The molecule has 3 aromatic rings. The van der Waals surface area contributed by atoms with Crippen LogP contribution in [0.3, 0.4) is 0 Å². The van der Waals surface area contributed by atoms with Gasteiger partial charge in [-0.2, -0.15) is 4.39 Å². The van der Waals surface area contributed by atoms with Gasteiger partial charge in [0.05, 0.1) is 25.5 Å². The van der Waals surface area contributed by atoms with Gasteiger partial charge in [-0.05, 0) is 25.8 Å². The minimum Gasteiger partial charge on any atom is -0.493 e. The van der Waals surface area contributed by atoms with Crippen molar-refractivity contribution in [3.8, 4) is 17.4 Å². The molecule has 10 heteroatoms. The van der Waals surface area contributed by atoms with Gasteiger partial charge in [0.1, 0.15) is 11.6 Å². The van der Waals surface area contributed by atoms with Crippen LogP contribution in [0.25, 0.3) is 11.6 Å². The molecule has 35 heavy (non-hydrogen) atoms. The molecule has 0 fully saturated rings. The third kappa shape index (κ3) is 6.26. The lowest BCUT2D eigenvalue weighted by molar-refractivity contribution is -0.140. The standard InChI is InChI=1S/C25H29FN6O3/c1-17-19-16-29-25(24-27-10-7-11-28-24)30-20(19)9-12-32(17)22-15-18(14-21(26)31-22)35-13-6-4-3-5-8-23(33)34-2/h7,10-11,14-17H,3-6,8-9,12-13H2,1-2H3. The Balaban J connectivity index is 1.37. The van der Waals surface area contributed by atoms with Crippen molar-refractivity contribution in [1.82, 2.24) is 24.9 Å². The first kappa shape index (κ1) is 24.4. The average molecular weight is 481 g/mol. The second kappa shape index (κ2) is 11.6. The van der Waals surface area contributed by atoms with Crippen LogP contribution in [0.5, 0.6) is 5.75 Å². The van der Waals surface area contributed by atoms with Gasteiger partial charge < -0.3 is 14.4 Å². The molecule has 1 unspecified atom stereocenters. The van der Waals surface area contributed by atoms with E-state index in [4.69, 9.17) is 4.74 Å². The van der Waals surface area contributed by atoms with Crippen molar-refractivity contribution >= 4 is 11.8 Å². The number of aromatic nitrogens is 5. The van der Waals surface area contributed by atoms with E-state index in [1.165, 1.54) is 13.2 Å². The Bertz CT molecular complexity index is 1150. The van der Waals surface area contributed by atoms with Gasteiger partial charge >= 0.3 is 5.97 Å². The van der Waals surface area contributed by atoms with Crippen molar-refractivity contribution in [3.05, 3.63) is 54.0 Å². The lowest BCUT2D eigenvalue weighted by Gasteiger charge is -2.35. The quantitative estimate of drug-likeness (QED) is 0.241. The predicted molar refractivity (Wildman–Crippen MR) is 127 cm³/mol. The summed E-state index contributed by atoms with van der Waals surface area (Å²) >= 11 is 0. The number of carbonyl (C=O) groups excluding carboxylic acids is 1. The van der Waals surface area contributed by atoms with E-state index in [9.17, 15) is 9.18 Å². The molecule has 0 aliphatic carbocycles. The molecule has 1 aliphatic heterocycles. The molecule has 4 rings (SSSR count). The zero-order valence-electron chi connectivity index (χ0n) is 20.0. The van der Waals surface area contributed by atoms with Crippen molar-refractivity contribution in [2.75, 3.05) is 25.2 Å². The monoisotopic (exact) mass is 480 g/mol. The Morgan fingerprint density at radius 2 is 1.89 bits per heavy atom. The van der Waals surface area contributed by atoms with Crippen LogP contribution in [0.1, 0.15) is 56.3 Å². The summed E-state index contributed by atoms with van der Waals surface area (Å²) in [6.07, 6.45) is 9.67. The summed E-state index contributed by atoms with van der Waals surface area (Å²) in [5.74, 6) is 1.19. The van der Waals surface area contributed by atoms with Crippen molar-refractivity contribution in [1.29, 1.82) is 0 Å². The van der Waals surface area contributed by atoms with Gasteiger partial charge in [-0.15, -0.1) is 0 Å². The van der Waals surface area contributed by atoms with Gasteiger partial charge in [0, 0.05) is 55.7 Å². The van der Waals surface area contributed by atoms with E-state index in [0.717, 1.165) is 36.9 Å². The number of carbonyl (C=O) groups is 1. The molecule has 0 aromatic carbocycles. The number of nitrogens with zero attached hydrogens (tertiary/aromatic N) is 6. The van der Waals surface area contributed by atoms with Gasteiger partial charge in [-0.1, -0.05) is 12.8 Å². The fourth-order valence-corrected chi connectivity index (χ4v) is 4.11. The Hall–Kier alpha value is -3.69. The van der Waals surface area contributed by atoms with Gasteiger partial charge in [0.2, 0.25) is 5.95 Å². The number of unbranched alkanes of at least 4 members (excludes halogenated alkanes) is 3. The number of esters is 1. The van der Waals surface area contributed by atoms with Crippen molar-refractivity contribution in [2.24, 2.45) is 0 Å². The molecule has 4 heterocycles. The summed E-state index contributed by atoms with van der Waals surface area (Å²) in [4.78, 5) is 34.9. The highest BCUT2D eigenvalue weighted by molar-refractivity contribution is 5.68. The Morgan fingerprint density at radius 1 is 1.09 bits per heavy atom. The first-order valence-electron chi connectivity index (χ1n) is 11.8. The number of fused-ring (bicyclic) bond motifs is 1. The molecule has 9 nitrogen and oxygen atoms in total. The van der Waals surface area contributed by atoms with Crippen molar-refractivity contribution in [2.45, 2.75) is 51.5 Å². The smallest absolute Gasteiger partial charge is 0.305 e. The highest BCUT2D eigenvalue weighted by Crippen LogP contribution is 2.33. The number of ether oxygens (including phenoxy) is 2. The SMILES string of the molecule is COC(=O)CCCCCCOc1cc(F)nc(N2CCc3nc(-c4ncccn4)ncc3C2C)c1. The van der Waals surface area contributed by atoms with E-state index in [1.54, 1.807) is 30.7 Å². The molecule has 0 bridgehead atoms. The third-order valence-corrected chi connectivity index (χ3v) is 5.99. The minimum absolute atomic E-state index is 0.0820. The number of hydrogen-bond donors (Lipinski definition) is 0.